The third kappa shape index (κ3) is 3.16. The molecular weight excluding hydrogens is 241 g/mol. The number of benzene rings is 1. The first-order chi connectivity index (χ1) is 8.55. The Hall–Kier alpha value is -2.17. The molecule has 0 spiro atoms. The summed E-state index contributed by atoms with van der Waals surface area (Å²) in [5.41, 5.74) is -0.0684. The summed E-state index contributed by atoms with van der Waals surface area (Å²) in [6.45, 7) is 0. The second-order valence-corrected chi connectivity index (χ2v) is 3.67. The smallest absolute Gasteiger partial charge is 0.348 e. The lowest BCUT2D eigenvalue weighted by molar-refractivity contribution is -0.137. The minimum Gasteiger partial charge on any atom is -0.348 e. The van der Waals surface area contributed by atoms with Gasteiger partial charge < -0.3 is 10.6 Å². The van der Waals surface area contributed by atoms with E-state index in [2.05, 4.69) is 10.6 Å². The molecule has 2 N–H and O–H groups in total. The van der Waals surface area contributed by atoms with Gasteiger partial charge in [0.15, 0.2) is 0 Å². The fourth-order valence-corrected chi connectivity index (χ4v) is 1.43. The molecule has 0 amide bonds. The first-order valence-electron chi connectivity index (χ1n) is 5.30. The molecule has 1 heterocycles. The number of allylic oxidation sites excluding steroid dienone is 4. The van der Waals surface area contributed by atoms with Crippen LogP contribution in [0.5, 0.6) is 0 Å². The van der Waals surface area contributed by atoms with Gasteiger partial charge in [0.2, 0.25) is 0 Å². The predicted molar refractivity (Wildman–Crippen MR) is 64.6 cm³/mol. The number of alkyl halides is 3. The molecule has 0 atom stereocenters. The van der Waals surface area contributed by atoms with Crippen molar-refractivity contribution in [3.63, 3.8) is 0 Å². The summed E-state index contributed by atoms with van der Waals surface area (Å²) in [7, 11) is 0. The molecule has 2 rings (SSSR count). The molecule has 2 nitrogen and oxygen atoms in total. The van der Waals surface area contributed by atoms with Gasteiger partial charge in [0.25, 0.3) is 0 Å². The maximum absolute atomic E-state index is 12.4. The van der Waals surface area contributed by atoms with E-state index in [1.54, 1.807) is 12.3 Å². The number of nitrogens with one attached hydrogen (secondary N) is 2. The fourth-order valence-electron chi connectivity index (χ4n) is 1.43. The summed E-state index contributed by atoms with van der Waals surface area (Å²) in [4.78, 5) is 0. The quantitative estimate of drug-likeness (QED) is 0.839. The fraction of sp³-hybridized carbons (Fsp3) is 0.0769. The van der Waals surface area contributed by atoms with Gasteiger partial charge in [0.1, 0.15) is 5.82 Å². The molecule has 0 unspecified atom stereocenters. The van der Waals surface area contributed by atoms with Crippen LogP contribution in [0.4, 0.5) is 18.9 Å². The van der Waals surface area contributed by atoms with Crippen LogP contribution < -0.4 is 10.6 Å². The van der Waals surface area contributed by atoms with Crippen LogP contribution in [0.3, 0.4) is 0 Å². The highest BCUT2D eigenvalue weighted by molar-refractivity contribution is 5.50. The highest BCUT2D eigenvalue weighted by Gasteiger charge is 2.29. The van der Waals surface area contributed by atoms with Gasteiger partial charge >= 0.3 is 6.18 Å². The summed E-state index contributed by atoms with van der Waals surface area (Å²) in [6, 6.07) is 4.88. The van der Waals surface area contributed by atoms with Crippen molar-refractivity contribution in [2.75, 3.05) is 5.32 Å². The Morgan fingerprint density at radius 1 is 0.944 bits per heavy atom. The molecule has 1 aromatic carbocycles. The largest absolute Gasteiger partial charge is 0.416 e. The first-order valence-corrected chi connectivity index (χ1v) is 5.30. The molecule has 0 aromatic heterocycles. The minimum atomic E-state index is -4.30. The molecule has 18 heavy (non-hydrogen) atoms. The van der Waals surface area contributed by atoms with E-state index in [-0.39, 0.29) is 0 Å². The average Bonchev–Trinajstić information content (AvgIpc) is 2.57. The number of hydrogen-bond acceptors (Lipinski definition) is 2. The molecule has 1 aliphatic heterocycles. The van der Waals surface area contributed by atoms with Crippen molar-refractivity contribution in [2.24, 2.45) is 0 Å². The maximum atomic E-state index is 12.4. The maximum Gasteiger partial charge on any atom is 0.416 e. The third-order valence-corrected chi connectivity index (χ3v) is 2.31. The van der Waals surface area contributed by atoms with Crippen molar-refractivity contribution < 1.29 is 13.2 Å². The van der Waals surface area contributed by atoms with Gasteiger partial charge in [-0.1, -0.05) is 12.2 Å². The van der Waals surface area contributed by atoms with E-state index >= 15 is 0 Å². The van der Waals surface area contributed by atoms with Crippen LogP contribution in [-0.2, 0) is 6.18 Å². The first kappa shape index (κ1) is 12.3. The zero-order valence-corrected chi connectivity index (χ0v) is 9.33. The molecule has 0 saturated carbocycles. The Bertz CT molecular complexity index is 496. The summed E-state index contributed by atoms with van der Waals surface area (Å²) < 4.78 is 37.1. The van der Waals surface area contributed by atoms with E-state index in [0.717, 1.165) is 12.1 Å². The molecule has 0 aliphatic carbocycles. The second-order valence-electron chi connectivity index (χ2n) is 3.67. The van der Waals surface area contributed by atoms with E-state index in [4.69, 9.17) is 0 Å². The molecule has 1 aromatic rings. The summed E-state index contributed by atoms with van der Waals surface area (Å²) >= 11 is 0. The number of anilines is 1. The molecule has 0 bridgehead atoms. The Morgan fingerprint density at radius 2 is 1.67 bits per heavy atom. The van der Waals surface area contributed by atoms with Crippen molar-refractivity contribution in [3.8, 4) is 0 Å². The van der Waals surface area contributed by atoms with Crippen LogP contribution in [0.1, 0.15) is 5.56 Å². The van der Waals surface area contributed by atoms with Crippen LogP contribution in [-0.4, -0.2) is 0 Å². The summed E-state index contributed by atoms with van der Waals surface area (Å²) in [5.74, 6) is 0.694. The van der Waals surface area contributed by atoms with Gasteiger partial charge in [-0.05, 0) is 36.4 Å². The SMILES string of the molecule is FC(F)(F)c1ccc(NC2=CC=CC=CN2)cc1. The van der Waals surface area contributed by atoms with Gasteiger partial charge in [-0.25, -0.2) is 0 Å². The topological polar surface area (TPSA) is 24.1 Å². The lowest BCUT2D eigenvalue weighted by Crippen LogP contribution is -2.13. The summed E-state index contributed by atoms with van der Waals surface area (Å²) in [6.07, 6.45) is 4.70. The van der Waals surface area contributed by atoms with Gasteiger partial charge in [-0.15, -0.1) is 0 Å². The number of hydrogen-bond donors (Lipinski definition) is 2. The molecule has 0 saturated heterocycles. The molecule has 0 radical (unpaired) electrons. The van der Waals surface area contributed by atoms with Crippen LogP contribution in [0.25, 0.3) is 0 Å². The van der Waals surface area contributed by atoms with Crippen molar-refractivity contribution >= 4 is 5.69 Å². The lowest BCUT2D eigenvalue weighted by Gasteiger charge is -2.11. The molecule has 1 aliphatic rings. The Balaban J connectivity index is 2.09. The highest BCUT2D eigenvalue weighted by Crippen LogP contribution is 2.29. The third-order valence-electron chi connectivity index (χ3n) is 2.31. The van der Waals surface area contributed by atoms with Crippen molar-refractivity contribution in [1.29, 1.82) is 0 Å². The molecule has 5 heteroatoms. The van der Waals surface area contributed by atoms with E-state index in [1.165, 1.54) is 12.1 Å². The number of halogens is 3. The second kappa shape index (κ2) is 5.00. The Morgan fingerprint density at radius 3 is 2.33 bits per heavy atom. The monoisotopic (exact) mass is 252 g/mol. The molecule has 0 fully saturated rings. The van der Waals surface area contributed by atoms with Gasteiger partial charge in [0, 0.05) is 11.9 Å². The Kier molecular flexibility index (Phi) is 3.41. The van der Waals surface area contributed by atoms with E-state index < -0.39 is 11.7 Å². The van der Waals surface area contributed by atoms with Crippen molar-refractivity contribution in [3.05, 3.63) is 66.2 Å². The highest BCUT2D eigenvalue weighted by atomic mass is 19.4. The van der Waals surface area contributed by atoms with Crippen molar-refractivity contribution in [2.45, 2.75) is 6.18 Å². The average molecular weight is 252 g/mol. The van der Waals surface area contributed by atoms with Crippen molar-refractivity contribution in [1.82, 2.24) is 5.32 Å². The van der Waals surface area contributed by atoms with Gasteiger partial charge in [-0.3, -0.25) is 0 Å². The molecule has 94 valence electrons. The van der Waals surface area contributed by atoms with Gasteiger partial charge in [-0.2, -0.15) is 13.2 Å². The van der Waals surface area contributed by atoms with Gasteiger partial charge in [0.05, 0.1) is 5.56 Å². The predicted octanol–water partition coefficient (Wildman–Crippen LogP) is 3.63. The van der Waals surface area contributed by atoms with Crippen LogP contribution >= 0.6 is 0 Å². The minimum absolute atomic E-state index is 0.588. The lowest BCUT2D eigenvalue weighted by atomic mass is 10.2. The van der Waals surface area contributed by atoms with E-state index in [9.17, 15) is 13.2 Å². The number of rotatable bonds is 2. The summed E-state index contributed by atoms with van der Waals surface area (Å²) in [5, 5.41) is 5.94. The standard InChI is InChI=1S/C13H11F3N2/c14-13(15,16)10-5-7-11(8-6-10)18-12-4-2-1-3-9-17-12/h1-9,17-18H. The zero-order valence-electron chi connectivity index (χ0n) is 9.33. The van der Waals surface area contributed by atoms with E-state index in [1.807, 2.05) is 18.2 Å². The normalized spacial score (nSPS) is 14.7. The zero-order chi connectivity index (χ0) is 13.0. The molecular formula is C13H11F3N2. The van der Waals surface area contributed by atoms with Crippen LogP contribution in [0.2, 0.25) is 0 Å². The van der Waals surface area contributed by atoms with Crippen LogP contribution in [0, 0.1) is 0 Å². The van der Waals surface area contributed by atoms with Crippen LogP contribution in [0.15, 0.2) is 60.6 Å². The Labute approximate surface area is 103 Å². The van der Waals surface area contributed by atoms with E-state index in [0.29, 0.717) is 11.5 Å².